The van der Waals surface area contributed by atoms with Gasteiger partial charge in [-0.3, -0.25) is 0 Å². The van der Waals surface area contributed by atoms with Crippen LogP contribution in [0.4, 0.5) is 0 Å². The normalized spacial score (nSPS) is 14.8. The first kappa shape index (κ1) is 23.8. The van der Waals surface area contributed by atoms with Crippen LogP contribution in [-0.2, 0) is 0 Å². The first-order chi connectivity index (χ1) is 19.8. The van der Waals surface area contributed by atoms with Crippen molar-refractivity contribution >= 4 is 22.4 Å². The van der Waals surface area contributed by atoms with Gasteiger partial charge >= 0.3 is 0 Å². The zero-order valence-corrected chi connectivity index (χ0v) is 21.9. The number of fused-ring (bicyclic) bond motifs is 1. The number of benzene rings is 6. The highest BCUT2D eigenvalue weighted by Gasteiger charge is 2.21. The molecule has 0 spiro atoms. The molecule has 0 aromatic heterocycles. The number of hydrogen-bond donors (Lipinski definition) is 1. The second kappa shape index (κ2) is 10.5. The van der Waals surface area contributed by atoms with Crippen LogP contribution in [-0.4, -0.2) is 11.7 Å². The van der Waals surface area contributed by atoms with Crippen LogP contribution in [0.15, 0.2) is 162 Å². The Kier molecular flexibility index (Phi) is 6.23. The predicted molar refractivity (Wildman–Crippen MR) is 167 cm³/mol. The zero-order valence-electron chi connectivity index (χ0n) is 21.9. The molecule has 0 radical (unpaired) electrons. The topological polar surface area (TPSA) is 36.8 Å². The van der Waals surface area contributed by atoms with E-state index in [1.165, 1.54) is 33.0 Å². The molecule has 190 valence electrons. The smallest absolute Gasteiger partial charge is 0.169 e. The molecule has 0 bridgehead atoms. The highest BCUT2D eigenvalue weighted by Crippen LogP contribution is 2.28. The number of aliphatic imine (C=N–C) groups is 2. The monoisotopic (exact) mass is 513 g/mol. The van der Waals surface area contributed by atoms with Crippen LogP contribution >= 0.6 is 0 Å². The Bertz CT molecular complexity index is 1840. The van der Waals surface area contributed by atoms with Gasteiger partial charge < -0.3 is 5.32 Å². The number of nitrogens with one attached hydrogen (secondary N) is 1. The van der Waals surface area contributed by atoms with Crippen molar-refractivity contribution in [3.63, 3.8) is 0 Å². The maximum absolute atomic E-state index is 5.05. The molecular weight excluding hydrogens is 486 g/mol. The molecule has 0 saturated carbocycles. The SMILES string of the molecule is c1ccc(-c2ccc(C3=NC(c4ccccc4)N=C(c4ccc5cc(-c6ccccc6)ccc5c4)N3)cc2)cc1. The van der Waals surface area contributed by atoms with Crippen LogP contribution in [0.2, 0.25) is 0 Å². The molecule has 6 aromatic carbocycles. The van der Waals surface area contributed by atoms with Crippen molar-refractivity contribution in [1.82, 2.24) is 5.32 Å². The van der Waals surface area contributed by atoms with Gasteiger partial charge in [-0.2, -0.15) is 0 Å². The van der Waals surface area contributed by atoms with Crippen LogP contribution in [0.1, 0.15) is 22.9 Å². The standard InChI is InChI=1S/C37H27N3/c1-4-10-26(11-5-1)28-16-18-30(19-17-28)36-38-35(29-14-8-3-9-15-29)39-37(40-36)34-23-22-32-24-31(20-21-33(32)25-34)27-12-6-2-7-13-27/h1-25,35H,(H,38,39,40). The minimum absolute atomic E-state index is 0.322. The summed E-state index contributed by atoms with van der Waals surface area (Å²) in [5.74, 6) is 1.64. The first-order valence-electron chi connectivity index (χ1n) is 13.5. The average molecular weight is 514 g/mol. The van der Waals surface area contributed by atoms with E-state index in [2.05, 4.69) is 127 Å². The summed E-state index contributed by atoms with van der Waals surface area (Å²) in [6, 6.07) is 52.9. The summed E-state index contributed by atoms with van der Waals surface area (Å²) in [7, 11) is 0. The third-order valence-electron chi connectivity index (χ3n) is 7.32. The fourth-order valence-corrected chi connectivity index (χ4v) is 5.17. The lowest BCUT2D eigenvalue weighted by Crippen LogP contribution is -2.36. The fourth-order valence-electron chi connectivity index (χ4n) is 5.17. The summed E-state index contributed by atoms with van der Waals surface area (Å²) in [5, 5.41) is 5.92. The maximum Gasteiger partial charge on any atom is 0.169 e. The highest BCUT2D eigenvalue weighted by molar-refractivity contribution is 6.16. The second-order valence-corrected chi connectivity index (χ2v) is 9.95. The van der Waals surface area contributed by atoms with E-state index in [1.54, 1.807) is 0 Å². The quantitative estimate of drug-likeness (QED) is 0.246. The molecule has 1 unspecified atom stereocenters. The van der Waals surface area contributed by atoms with E-state index in [4.69, 9.17) is 9.98 Å². The summed E-state index contributed by atoms with van der Waals surface area (Å²) < 4.78 is 0. The number of nitrogens with zero attached hydrogens (tertiary/aromatic N) is 2. The summed E-state index contributed by atoms with van der Waals surface area (Å²) in [4.78, 5) is 10.1. The molecular formula is C37H27N3. The third-order valence-corrected chi connectivity index (χ3v) is 7.32. The van der Waals surface area contributed by atoms with Gasteiger partial charge in [-0.1, -0.05) is 140 Å². The molecule has 1 aliphatic rings. The molecule has 3 nitrogen and oxygen atoms in total. The predicted octanol–water partition coefficient (Wildman–Crippen LogP) is 8.67. The molecule has 1 N–H and O–H groups in total. The van der Waals surface area contributed by atoms with Crippen molar-refractivity contribution in [2.24, 2.45) is 9.98 Å². The molecule has 1 atom stereocenters. The van der Waals surface area contributed by atoms with E-state index in [0.29, 0.717) is 0 Å². The van der Waals surface area contributed by atoms with Gasteiger partial charge in [0.1, 0.15) is 11.7 Å². The van der Waals surface area contributed by atoms with Crippen molar-refractivity contribution < 1.29 is 0 Å². The van der Waals surface area contributed by atoms with Crippen LogP contribution in [0.25, 0.3) is 33.0 Å². The molecule has 0 amide bonds. The summed E-state index contributed by atoms with van der Waals surface area (Å²) in [6.07, 6.45) is -0.322. The van der Waals surface area contributed by atoms with Gasteiger partial charge in [0.2, 0.25) is 0 Å². The van der Waals surface area contributed by atoms with Gasteiger partial charge in [0.25, 0.3) is 0 Å². The van der Waals surface area contributed by atoms with E-state index in [0.717, 1.165) is 28.4 Å². The van der Waals surface area contributed by atoms with Crippen molar-refractivity contribution in [2.45, 2.75) is 6.17 Å². The Morgan fingerprint density at radius 1 is 0.375 bits per heavy atom. The van der Waals surface area contributed by atoms with Gasteiger partial charge in [-0.15, -0.1) is 0 Å². The minimum atomic E-state index is -0.322. The van der Waals surface area contributed by atoms with E-state index < -0.39 is 0 Å². The lowest BCUT2D eigenvalue weighted by Gasteiger charge is -2.22. The largest absolute Gasteiger partial charge is 0.324 e. The Morgan fingerprint density at radius 2 is 0.800 bits per heavy atom. The molecule has 40 heavy (non-hydrogen) atoms. The first-order valence-corrected chi connectivity index (χ1v) is 13.5. The molecule has 1 heterocycles. The fraction of sp³-hybridized carbons (Fsp3) is 0.0270. The Balaban J connectivity index is 1.24. The third kappa shape index (κ3) is 4.81. The Labute approximate surface area is 234 Å². The Morgan fingerprint density at radius 3 is 1.43 bits per heavy atom. The van der Waals surface area contributed by atoms with E-state index in [1.807, 2.05) is 30.3 Å². The highest BCUT2D eigenvalue weighted by atomic mass is 15.2. The molecule has 0 saturated heterocycles. The molecule has 7 rings (SSSR count). The summed E-state index contributed by atoms with van der Waals surface area (Å²) in [5.41, 5.74) is 7.94. The van der Waals surface area contributed by atoms with Gasteiger partial charge in [-0.05, 0) is 50.7 Å². The van der Waals surface area contributed by atoms with E-state index in [9.17, 15) is 0 Å². The van der Waals surface area contributed by atoms with Gasteiger partial charge in [-0.25, -0.2) is 9.98 Å². The Hall–Kier alpha value is -5.28. The number of hydrogen-bond acceptors (Lipinski definition) is 3. The average Bonchev–Trinajstić information content (AvgIpc) is 3.05. The van der Waals surface area contributed by atoms with Crippen molar-refractivity contribution in [3.8, 4) is 22.3 Å². The molecule has 3 heteroatoms. The summed E-state index contributed by atoms with van der Waals surface area (Å²) >= 11 is 0. The van der Waals surface area contributed by atoms with Crippen LogP contribution < -0.4 is 5.32 Å². The van der Waals surface area contributed by atoms with Crippen molar-refractivity contribution in [1.29, 1.82) is 0 Å². The number of rotatable bonds is 5. The van der Waals surface area contributed by atoms with Crippen LogP contribution in [0.5, 0.6) is 0 Å². The molecule has 0 aliphatic carbocycles. The minimum Gasteiger partial charge on any atom is -0.324 e. The van der Waals surface area contributed by atoms with Crippen molar-refractivity contribution in [2.75, 3.05) is 0 Å². The van der Waals surface area contributed by atoms with Gasteiger partial charge in [0.05, 0.1) is 0 Å². The lowest BCUT2D eigenvalue weighted by molar-refractivity contribution is 0.756. The molecule has 6 aromatic rings. The number of amidine groups is 2. The molecule has 1 aliphatic heterocycles. The van der Waals surface area contributed by atoms with Crippen LogP contribution in [0, 0.1) is 0 Å². The van der Waals surface area contributed by atoms with Gasteiger partial charge in [0, 0.05) is 11.1 Å². The van der Waals surface area contributed by atoms with Crippen LogP contribution in [0.3, 0.4) is 0 Å². The van der Waals surface area contributed by atoms with E-state index in [-0.39, 0.29) is 6.17 Å². The summed E-state index contributed by atoms with van der Waals surface area (Å²) in [6.45, 7) is 0. The second-order valence-electron chi connectivity index (χ2n) is 9.95. The van der Waals surface area contributed by atoms with Crippen molar-refractivity contribution in [3.05, 3.63) is 168 Å². The molecule has 0 fully saturated rings. The van der Waals surface area contributed by atoms with Gasteiger partial charge in [0.15, 0.2) is 6.17 Å². The zero-order chi connectivity index (χ0) is 26.7. The van der Waals surface area contributed by atoms with E-state index >= 15 is 0 Å². The maximum atomic E-state index is 5.05. The lowest BCUT2D eigenvalue weighted by atomic mass is 9.99.